The van der Waals surface area contributed by atoms with E-state index in [1.54, 1.807) is 0 Å². The lowest BCUT2D eigenvalue weighted by molar-refractivity contribution is 0.00588. The Balaban J connectivity index is 2.35. The second-order valence-corrected chi connectivity index (χ2v) is 4.43. The van der Waals surface area contributed by atoms with Crippen molar-refractivity contribution in [3.05, 3.63) is 11.6 Å². The van der Waals surface area contributed by atoms with Gasteiger partial charge in [-0.15, -0.1) is 10.2 Å². The van der Waals surface area contributed by atoms with Gasteiger partial charge in [0, 0.05) is 13.2 Å². The molecule has 5 heteroatoms. The zero-order chi connectivity index (χ0) is 11.6. The molecule has 0 spiro atoms. The molecule has 0 amide bonds. The number of nitrogens with zero attached hydrogens (tertiary/aromatic N) is 3. The highest BCUT2D eigenvalue weighted by Gasteiger charge is 2.37. The predicted octanol–water partition coefficient (Wildman–Crippen LogP) is 1.21. The van der Waals surface area contributed by atoms with Gasteiger partial charge in [-0.3, -0.25) is 0 Å². The van der Waals surface area contributed by atoms with E-state index in [2.05, 4.69) is 24.0 Å². The van der Waals surface area contributed by atoms with Gasteiger partial charge in [0.2, 0.25) is 0 Å². The van der Waals surface area contributed by atoms with E-state index < -0.39 is 0 Å². The van der Waals surface area contributed by atoms with Crippen molar-refractivity contribution in [1.82, 2.24) is 14.8 Å². The summed E-state index contributed by atoms with van der Waals surface area (Å²) in [5.74, 6) is 1.49. The number of aliphatic hydroxyl groups excluding tert-OH is 1. The summed E-state index contributed by atoms with van der Waals surface area (Å²) in [5, 5.41) is 17.4. The maximum atomic E-state index is 9.22. The first kappa shape index (κ1) is 11.5. The molecule has 1 aromatic heterocycles. The molecule has 1 atom stereocenters. The van der Waals surface area contributed by atoms with Crippen molar-refractivity contribution in [3.63, 3.8) is 0 Å². The summed E-state index contributed by atoms with van der Waals surface area (Å²) in [6.45, 7) is 5.70. The maximum absolute atomic E-state index is 9.22. The fourth-order valence-corrected chi connectivity index (χ4v) is 2.26. The minimum absolute atomic E-state index is 0.0664. The van der Waals surface area contributed by atoms with Gasteiger partial charge in [0.25, 0.3) is 0 Å². The Morgan fingerprint density at radius 3 is 2.88 bits per heavy atom. The standard InChI is InChI=1S/C11H19N3O2/c1-3-6-14-9(8-15)12-13-10(14)11(2)5-4-7-16-11/h15H,3-8H2,1-2H3. The van der Waals surface area contributed by atoms with Crippen molar-refractivity contribution in [2.45, 2.75) is 51.9 Å². The second-order valence-electron chi connectivity index (χ2n) is 4.43. The molecule has 0 aromatic carbocycles. The first-order valence-corrected chi connectivity index (χ1v) is 5.88. The molecule has 0 radical (unpaired) electrons. The average molecular weight is 225 g/mol. The van der Waals surface area contributed by atoms with Crippen molar-refractivity contribution in [2.24, 2.45) is 0 Å². The van der Waals surface area contributed by atoms with Gasteiger partial charge in [-0.25, -0.2) is 0 Å². The van der Waals surface area contributed by atoms with E-state index >= 15 is 0 Å². The fraction of sp³-hybridized carbons (Fsp3) is 0.818. The van der Waals surface area contributed by atoms with Crippen LogP contribution in [0.3, 0.4) is 0 Å². The van der Waals surface area contributed by atoms with Gasteiger partial charge in [0.15, 0.2) is 11.6 Å². The Bertz CT molecular complexity index is 356. The van der Waals surface area contributed by atoms with Crippen molar-refractivity contribution in [3.8, 4) is 0 Å². The van der Waals surface area contributed by atoms with Crippen LogP contribution < -0.4 is 0 Å². The highest BCUT2D eigenvalue weighted by atomic mass is 16.5. The summed E-state index contributed by atoms with van der Waals surface area (Å²) in [7, 11) is 0. The second kappa shape index (κ2) is 4.51. The van der Waals surface area contributed by atoms with Crippen molar-refractivity contribution >= 4 is 0 Å². The smallest absolute Gasteiger partial charge is 0.165 e. The van der Waals surface area contributed by atoms with E-state index in [1.165, 1.54) is 0 Å². The summed E-state index contributed by atoms with van der Waals surface area (Å²) >= 11 is 0. The predicted molar refractivity (Wildman–Crippen MR) is 58.8 cm³/mol. The van der Waals surface area contributed by atoms with Crippen LogP contribution in [0.15, 0.2) is 0 Å². The number of aliphatic hydroxyl groups is 1. The molecule has 2 rings (SSSR count). The number of hydrogen-bond acceptors (Lipinski definition) is 4. The Labute approximate surface area is 95.4 Å². The van der Waals surface area contributed by atoms with Gasteiger partial charge in [-0.1, -0.05) is 6.92 Å². The molecular weight excluding hydrogens is 206 g/mol. The van der Waals surface area contributed by atoms with Gasteiger partial charge < -0.3 is 14.4 Å². The quantitative estimate of drug-likeness (QED) is 0.836. The Hall–Kier alpha value is -0.940. The van der Waals surface area contributed by atoms with E-state index in [4.69, 9.17) is 4.74 Å². The molecule has 1 unspecified atom stereocenters. The average Bonchev–Trinajstić information content (AvgIpc) is 2.86. The molecule has 1 aliphatic heterocycles. The topological polar surface area (TPSA) is 60.2 Å². The molecule has 0 bridgehead atoms. The largest absolute Gasteiger partial charge is 0.388 e. The van der Waals surface area contributed by atoms with Crippen LogP contribution in [0.1, 0.15) is 44.8 Å². The highest BCUT2D eigenvalue weighted by Crippen LogP contribution is 2.34. The number of ether oxygens (including phenoxy) is 1. The molecule has 0 saturated carbocycles. The zero-order valence-electron chi connectivity index (χ0n) is 9.94. The minimum Gasteiger partial charge on any atom is -0.388 e. The minimum atomic E-state index is -0.324. The van der Waals surface area contributed by atoms with Crippen LogP contribution in [0, 0.1) is 0 Å². The third-order valence-electron chi connectivity index (χ3n) is 3.11. The number of aromatic nitrogens is 3. The summed E-state index contributed by atoms with van der Waals surface area (Å²) in [6, 6.07) is 0. The van der Waals surface area contributed by atoms with Crippen LogP contribution in [-0.2, 0) is 23.5 Å². The van der Waals surface area contributed by atoms with E-state index in [1.807, 2.05) is 4.57 Å². The summed E-state index contributed by atoms with van der Waals surface area (Å²) in [4.78, 5) is 0. The van der Waals surface area contributed by atoms with Gasteiger partial charge in [-0.2, -0.15) is 0 Å². The summed E-state index contributed by atoms with van der Waals surface area (Å²) < 4.78 is 7.76. The molecule has 0 aliphatic carbocycles. The monoisotopic (exact) mass is 225 g/mol. The zero-order valence-corrected chi connectivity index (χ0v) is 9.94. The SMILES string of the molecule is CCCn1c(CO)nnc1C1(C)CCCO1. The van der Waals surface area contributed by atoms with Gasteiger partial charge in [-0.05, 0) is 26.2 Å². The third-order valence-corrected chi connectivity index (χ3v) is 3.11. The normalized spacial score (nSPS) is 25.2. The number of hydrogen-bond donors (Lipinski definition) is 1. The van der Waals surface area contributed by atoms with Gasteiger partial charge in [0.05, 0.1) is 0 Å². The van der Waals surface area contributed by atoms with E-state index in [-0.39, 0.29) is 12.2 Å². The van der Waals surface area contributed by atoms with E-state index in [0.717, 1.165) is 38.2 Å². The van der Waals surface area contributed by atoms with Crippen LogP contribution >= 0.6 is 0 Å². The molecule has 5 nitrogen and oxygen atoms in total. The summed E-state index contributed by atoms with van der Waals surface area (Å²) in [5.41, 5.74) is -0.324. The molecule has 16 heavy (non-hydrogen) atoms. The third kappa shape index (κ3) is 1.85. The van der Waals surface area contributed by atoms with Crippen molar-refractivity contribution in [1.29, 1.82) is 0 Å². The molecule has 90 valence electrons. The van der Waals surface area contributed by atoms with Crippen LogP contribution in [-0.4, -0.2) is 26.5 Å². The van der Waals surface area contributed by atoms with Crippen LogP contribution in [0.4, 0.5) is 0 Å². The van der Waals surface area contributed by atoms with Gasteiger partial charge >= 0.3 is 0 Å². The molecular formula is C11H19N3O2. The molecule has 1 saturated heterocycles. The lowest BCUT2D eigenvalue weighted by Crippen LogP contribution is -2.26. The van der Waals surface area contributed by atoms with Crippen LogP contribution in [0.2, 0.25) is 0 Å². The van der Waals surface area contributed by atoms with Gasteiger partial charge in [0.1, 0.15) is 12.2 Å². The molecule has 2 heterocycles. The van der Waals surface area contributed by atoms with Crippen molar-refractivity contribution in [2.75, 3.05) is 6.61 Å². The summed E-state index contributed by atoms with van der Waals surface area (Å²) in [6.07, 6.45) is 3.03. The fourth-order valence-electron chi connectivity index (χ4n) is 2.26. The lowest BCUT2D eigenvalue weighted by Gasteiger charge is -2.23. The molecule has 1 fully saturated rings. The van der Waals surface area contributed by atoms with Crippen LogP contribution in [0.25, 0.3) is 0 Å². The Kier molecular flexibility index (Phi) is 3.25. The molecule has 1 aromatic rings. The Morgan fingerprint density at radius 2 is 2.31 bits per heavy atom. The van der Waals surface area contributed by atoms with Crippen LogP contribution in [0.5, 0.6) is 0 Å². The first-order chi connectivity index (χ1) is 7.71. The molecule has 1 N–H and O–H groups in total. The molecule has 1 aliphatic rings. The number of rotatable bonds is 4. The lowest BCUT2D eigenvalue weighted by atomic mass is 10.0. The highest BCUT2D eigenvalue weighted by molar-refractivity contribution is 5.06. The first-order valence-electron chi connectivity index (χ1n) is 5.88. The van der Waals surface area contributed by atoms with E-state index in [9.17, 15) is 5.11 Å². The Morgan fingerprint density at radius 1 is 1.50 bits per heavy atom. The van der Waals surface area contributed by atoms with E-state index in [0.29, 0.717) is 5.82 Å². The maximum Gasteiger partial charge on any atom is 0.165 e. The van der Waals surface area contributed by atoms with Crippen molar-refractivity contribution < 1.29 is 9.84 Å².